The molecule has 0 saturated heterocycles. The predicted molar refractivity (Wildman–Crippen MR) is 53.8 cm³/mol. The molecule has 0 amide bonds. The third-order valence-electron chi connectivity index (χ3n) is 1.73. The molecule has 1 aromatic rings. The highest BCUT2D eigenvalue weighted by Crippen LogP contribution is 2.18. The lowest BCUT2D eigenvalue weighted by atomic mass is 10.0. The average molecular weight is 211 g/mol. The zero-order valence-corrected chi connectivity index (χ0v) is 8.35. The Labute approximate surface area is 76.1 Å². The number of hydrogen-bond donors (Lipinski definition) is 0. The molecule has 0 saturated carbocycles. The predicted octanol–water partition coefficient (Wildman–Crippen LogP) is 3.75. The summed E-state index contributed by atoms with van der Waals surface area (Å²) in [5.74, 6) is 0. The summed E-state index contributed by atoms with van der Waals surface area (Å²) < 4.78 is 0. The lowest BCUT2D eigenvalue weighted by molar-refractivity contribution is 1.41. The Morgan fingerprint density at radius 2 is 2.00 bits per heavy atom. The summed E-state index contributed by atoms with van der Waals surface area (Å²) in [5.41, 5.74) is 3.90. The summed E-state index contributed by atoms with van der Waals surface area (Å²) in [6.07, 6.45) is 0. The second-order valence-corrected chi connectivity index (χ2v) is 3.06. The van der Waals surface area contributed by atoms with Gasteiger partial charge in [0.15, 0.2) is 0 Å². The van der Waals surface area contributed by atoms with Crippen LogP contribution in [0.5, 0.6) is 0 Å². The van der Waals surface area contributed by atoms with Gasteiger partial charge in [0, 0.05) is 0 Å². The van der Waals surface area contributed by atoms with Gasteiger partial charge in [-0.05, 0) is 35.5 Å². The molecule has 0 aliphatic carbocycles. The molecule has 0 fully saturated rings. The van der Waals surface area contributed by atoms with Gasteiger partial charge in [-0.1, -0.05) is 40.2 Å². The highest BCUT2D eigenvalue weighted by molar-refractivity contribution is 9.11. The normalized spacial score (nSPS) is 11.7. The van der Waals surface area contributed by atoms with E-state index in [0.717, 1.165) is 0 Å². The fraction of sp³-hybridized carbons (Fsp3) is 0.200. The van der Waals surface area contributed by atoms with Crippen molar-refractivity contribution in [3.05, 3.63) is 40.4 Å². The van der Waals surface area contributed by atoms with Gasteiger partial charge in [0.05, 0.1) is 0 Å². The molecule has 11 heavy (non-hydrogen) atoms. The van der Waals surface area contributed by atoms with Crippen molar-refractivity contribution in [2.75, 3.05) is 0 Å². The van der Waals surface area contributed by atoms with Gasteiger partial charge in [0.2, 0.25) is 0 Å². The minimum absolute atomic E-state index is 1.27. The van der Waals surface area contributed by atoms with E-state index >= 15 is 0 Å². The Kier molecular flexibility index (Phi) is 2.89. The number of benzene rings is 1. The van der Waals surface area contributed by atoms with E-state index in [2.05, 4.69) is 54.0 Å². The summed E-state index contributed by atoms with van der Waals surface area (Å²) in [5, 5.41) is 0. The molecule has 0 heterocycles. The van der Waals surface area contributed by atoms with Crippen molar-refractivity contribution < 1.29 is 0 Å². The van der Waals surface area contributed by atoms with Crippen molar-refractivity contribution in [3.8, 4) is 0 Å². The summed E-state index contributed by atoms with van der Waals surface area (Å²) in [4.78, 5) is 1.95. The highest BCUT2D eigenvalue weighted by Gasteiger charge is 1.96. The molecular weight excluding hydrogens is 200 g/mol. The quantitative estimate of drug-likeness (QED) is 0.663. The first-order valence-electron chi connectivity index (χ1n) is 3.58. The zero-order valence-electron chi connectivity index (χ0n) is 6.76. The number of rotatable bonds is 1. The summed E-state index contributed by atoms with van der Waals surface area (Å²) in [7, 11) is 0. The van der Waals surface area contributed by atoms with Crippen LogP contribution in [0.2, 0.25) is 0 Å². The molecule has 1 rings (SSSR count). The van der Waals surface area contributed by atoms with Crippen molar-refractivity contribution in [1.82, 2.24) is 0 Å². The molecule has 0 N–H and O–H groups in total. The van der Waals surface area contributed by atoms with Crippen molar-refractivity contribution in [1.29, 1.82) is 0 Å². The standard InChI is InChI=1S/C10H11Br/c1-8-5-3-4-6-10(8)9(2)7-11/h3-7H,1-2H3. The van der Waals surface area contributed by atoms with Crippen LogP contribution in [0.25, 0.3) is 5.57 Å². The smallest absolute Gasteiger partial charge is 0.0153 e. The van der Waals surface area contributed by atoms with Gasteiger partial charge in [-0.15, -0.1) is 0 Å². The maximum atomic E-state index is 3.32. The van der Waals surface area contributed by atoms with E-state index in [-0.39, 0.29) is 0 Å². The second-order valence-electron chi connectivity index (χ2n) is 2.61. The molecule has 0 radical (unpaired) electrons. The Hall–Kier alpha value is -0.560. The molecule has 0 aliphatic heterocycles. The molecule has 0 bridgehead atoms. The van der Waals surface area contributed by atoms with Gasteiger partial charge in [-0.2, -0.15) is 0 Å². The fourth-order valence-electron chi connectivity index (χ4n) is 1.07. The third-order valence-corrected chi connectivity index (χ3v) is 2.42. The monoisotopic (exact) mass is 210 g/mol. The molecule has 0 aliphatic rings. The molecule has 1 aromatic carbocycles. The van der Waals surface area contributed by atoms with Crippen molar-refractivity contribution in [2.24, 2.45) is 0 Å². The molecule has 0 atom stereocenters. The van der Waals surface area contributed by atoms with Crippen LogP contribution in [0.1, 0.15) is 18.1 Å². The number of aryl methyl sites for hydroxylation is 1. The van der Waals surface area contributed by atoms with Crippen LogP contribution in [0.3, 0.4) is 0 Å². The van der Waals surface area contributed by atoms with Crippen LogP contribution in [-0.2, 0) is 0 Å². The van der Waals surface area contributed by atoms with Gasteiger partial charge >= 0.3 is 0 Å². The minimum atomic E-state index is 1.27. The molecule has 58 valence electrons. The van der Waals surface area contributed by atoms with Crippen LogP contribution in [0.4, 0.5) is 0 Å². The van der Waals surface area contributed by atoms with Gasteiger partial charge < -0.3 is 0 Å². The largest absolute Gasteiger partial charge is 0.0620 e. The summed E-state index contributed by atoms with van der Waals surface area (Å²) >= 11 is 3.32. The van der Waals surface area contributed by atoms with E-state index in [0.29, 0.717) is 0 Å². The van der Waals surface area contributed by atoms with Gasteiger partial charge in [0.25, 0.3) is 0 Å². The second kappa shape index (κ2) is 3.72. The van der Waals surface area contributed by atoms with Crippen LogP contribution >= 0.6 is 15.9 Å². The maximum Gasteiger partial charge on any atom is -0.0153 e. The molecule has 0 spiro atoms. The van der Waals surface area contributed by atoms with Crippen LogP contribution in [-0.4, -0.2) is 0 Å². The topological polar surface area (TPSA) is 0 Å². The number of hydrogen-bond acceptors (Lipinski definition) is 0. The lowest BCUT2D eigenvalue weighted by Crippen LogP contribution is -1.82. The van der Waals surface area contributed by atoms with Crippen molar-refractivity contribution in [2.45, 2.75) is 13.8 Å². The van der Waals surface area contributed by atoms with Crippen LogP contribution < -0.4 is 0 Å². The van der Waals surface area contributed by atoms with E-state index in [1.807, 2.05) is 4.99 Å². The van der Waals surface area contributed by atoms with E-state index in [1.54, 1.807) is 0 Å². The Morgan fingerprint density at radius 1 is 1.36 bits per heavy atom. The SMILES string of the molecule is CC(=CBr)c1ccccc1C. The molecular formula is C10H11Br. The molecule has 1 heteroatoms. The number of halogens is 1. The van der Waals surface area contributed by atoms with Crippen LogP contribution in [0, 0.1) is 6.92 Å². The van der Waals surface area contributed by atoms with Gasteiger partial charge in [-0.3, -0.25) is 0 Å². The van der Waals surface area contributed by atoms with Crippen LogP contribution in [0.15, 0.2) is 29.3 Å². The van der Waals surface area contributed by atoms with E-state index in [9.17, 15) is 0 Å². The Bertz CT molecular complexity index is 274. The Balaban J connectivity index is 3.14. The highest BCUT2D eigenvalue weighted by atomic mass is 79.9. The summed E-state index contributed by atoms with van der Waals surface area (Å²) in [6, 6.07) is 8.36. The first-order valence-corrected chi connectivity index (χ1v) is 4.50. The third kappa shape index (κ3) is 1.93. The lowest BCUT2D eigenvalue weighted by Gasteiger charge is -2.03. The van der Waals surface area contributed by atoms with Crippen molar-refractivity contribution in [3.63, 3.8) is 0 Å². The zero-order chi connectivity index (χ0) is 8.27. The van der Waals surface area contributed by atoms with Gasteiger partial charge in [-0.25, -0.2) is 0 Å². The number of allylic oxidation sites excluding steroid dienone is 1. The first kappa shape index (κ1) is 8.54. The molecule has 0 nitrogen and oxygen atoms in total. The van der Waals surface area contributed by atoms with Gasteiger partial charge in [0.1, 0.15) is 0 Å². The average Bonchev–Trinajstić information content (AvgIpc) is 2.04. The fourth-order valence-corrected chi connectivity index (χ4v) is 1.32. The first-order chi connectivity index (χ1) is 5.25. The van der Waals surface area contributed by atoms with E-state index in [4.69, 9.17) is 0 Å². The van der Waals surface area contributed by atoms with Crippen molar-refractivity contribution >= 4 is 21.5 Å². The minimum Gasteiger partial charge on any atom is -0.0620 e. The van der Waals surface area contributed by atoms with E-state index < -0.39 is 0 Å². The molecule has 0 aromatic heterocycles. The molecule has 0 unspecified atom stereocenters. The Morgan fingerprint density at radius 3 is 2.55 bits per heavy atom. The summed E-state index contributed by atoms with van der Waals surface area (Å²) in [6.45, 7) is 4.21. The maximum absolute atomic E-state index is 3.32. The van der Waals surface area contributed by atoms with E-state index in [1.165, 1.54) is 16.7 Å².